The molecule has 0 saturated heterocycles. The molecule has 0 aliphatic carbocycles. The molecule has 0 radical (unpaired) electrons. The molecule has 0 spiro atoms. The van der Waals surface area contributed by atoms with Crippen LogP contribution in [0.4, 0.5) is 5.95 Å². The van der Waals surface area contributed by atoms with Crippen LogP contribution in [0.2, 0.25) is 0 Å². The topological polar surface area (TPSA) is 65.4 Å². The molecule has 1 heterocycles. The fraction of sp³-hybridized carbons (Fsp3) is 0.333. The first-order valence-corrected chi connectivity index (χ1v) is 9.00. The average molecular weight is 367 g/mol. The molecule has 0 saturated carbocycles. The van der Waals surface area contributed by atoms with Gasteiger partial charge in [0.1, 0.15) is 0 Å². The van der Waals surface area contributed by atoms with Crippen LogP contribution >= 0.6 is 0 Å². The zero-order chi connectivity index (χ0) is 19.4. The number of benzene rings is 2. The molecule has 6 heteroatoms. The van der Waals surface area contributed by atoms with E-state index in [2.05, 4.69) is 10.3 Å². The van der Waals surface area contributed by atoms with Gasteiger partial charge in [-0.2, -0.15) is 0 Å². The molecular weight excluding hydrogens is 342 g/mol. The Balaban J connectivity index is 1.96. The molecule has 0 aliphatic heterocycles. The number of para-hydroxylation sites is 1. The molecule has 0 atom stereocenters. The maximum absolute atomic E-state index is 13.0. The highest BCUT2D eigenvalue weighted by Crippen LogP contribution is 2.28. The minimum absolute atomic E-state index is 0.0378. The van der Waals surface area contributed by atoms with Gasteiger partial charge in [0.25, 0.3) is 5.56 Å². The van der Waals surface area contributed by atoms with Gasteiger partial charge >= 0.3 is 0 Å². The van der Waals surface area contributed by atoms with Gasteiger partial charge in [0, 0.05) is 12.6 Å². The molecule has 142 valence electrons. The van der Waals surface area contributed by atoms with Crippen molar-refractivity contribution in [3.8, 4) is 11.5 Å². The summed E-state index contributed by atoms with van der Waals surface area (Å²) in [6.07, 6.45) is 0.674. The number of nitrogens with one attached hydrogen (secondary N) is 1. The summed E-state index contributed by atoms with van der Waals surface area (Å²) in [4.78, 5) is 17.7. The van der Waals surface area contributed by atoms with Gasteiger partial charge in [-0.15, -0.1) is 0 Å². The highest BCUT2D eigenvalue weighted by molar-refractivity contribution is 5.78. The molecule has 3 rings (SSSR count). The van der Waals surface area contributed by atoms with E-state index in [0.29, 0.717) is 41.3 Å². The van der Waals surface area contributed by atoms with E-state index in [9.17, 15) is 4.79 Å². The molecule has 6 nitrogen and oxygen atoms in total. The molecule has 0 bridgehead atoms. The van der Waals surface area contributed by atoms with Gasteiger partial charge in [-0.1, -0.05) is 18.2 Å². The Hall–Kier alpha value is -3.02. The Morgan fingerprint density at radius 3 is 2.52 bits per heavy atom. The zero-order valence-corrected chi connectivity index (χ0v) is 16.2. The Kier molecular flexibility index (Phi) is 5.64. The third-order valence-electron chi connectivity index (χ3n) is 4.35. The van der Waals surface area contributed by atoms with Crippen LogP contribution in [0.1, 0.15) is 19.4 Å². The van der Waals surface area contributed by atoms with Crippen LogP contribution in [-0.2, 0) is 13.0 Å². The second-order valence-corrected chi connectivity index (χ2v) is 6.65. The fourth-order valence-electron chi connectivity index (χ4n) is 3.02. The first-order chi connectivity index (χ1) is 13.0. The van der Waals surface area contributed by atoms with Crippen LogP contribution in [0.15, 0.2) is 47.3 Å². The quantitative estimate of drug-likeness (QED) is 0.693. The molecule has 0 aliphatic rings. The molecule has 27 heavy (non-hydrogen) atoms. The molecule has 3 aromatic rings. The first kappa shape index (κ1) is 18.8. The third kappa shape index (κ3) is 4.05. The van der Waals surface area contributed by atoms with Crippen molar-refractivity contribution in [2.24, 2.45) is 0 Å². The van der Waals surface area contributed by atoms with Crippen molar-refractivity contribution < 1.29 is 9.47 Å². The van der Waals surface area contributed by atoms with Crippen molar-refractivity contribution in [1.29, 1.82) is 0 Å². The van der Waals surface area contributed by atoms with Gasteiger partial charge in [0.05, 0.1) is 25.1 Å². The van der Waals surface area contributed by atoms with Gasteiger partial charge in [-0.25, -0.2) is 4.98 Å². The van der Waals surface area contributed by atoms with Gasteiger partial charge in [0.15, 0.2) is 11.5 Å². The molecule has 1 N–H and O–H groups in total. The molecule has 2 aromatic carbocycles. The molecule has 1 aromatic heterocycles. The van der Waals surface area contributed by atoms with E-state index in [1.165, 1.54) is 0 Å². The number of rotatable bonds is 7. The van der Waals surface area contributed by atoms with E-state index >= 15 is 0 Å². The minimum Gasteiger partial charge on any atom is -0.493 e. The van der Waals surface area contributed by atoms with Gasteiger partial charge in [-0.3, -0.25) is 9.36 Å². The number of hydrogen-bond acceptors (Lipinski definition) is 5. The van der Waals surface area contributed by atoms with Crippen molar-refractivity contribution in [3.05, 3.63) is 58.4 Å². The molecule has 0 amide bonds. The summed E-state index contributed by atoms with van der Waals surface area (Å²) >= 11 is 0. The predicted octanol–water partition coefficient (Wildman–Crippen LogP) is 3.48. The highest BCUT2D eigenvalue weighted by Gasteiger charge is 2.12. The lowest BCUT2D eigenvalue weighted by atomic mass is 10.1. The minimum atomic E-state index is -0.0378. The molecule has 0 unspecified atom stereocenters. The number of aromatic nitrogens is 2. The van der Waals surface area contributed by atoms with Crippen molar-refractivity contribution in [2.75, 3.05) is 19.5 Å². The predicted molar refractivity (Wildman–Crippen MR) is 108 cm³/mol. The Morgan fingerprint density at radius 2 is 1.81 bits per heavy atom. The highest BCUT2D eigenvalue weighted by atomic mass is 16.5. The number of hydrogen-bond donors (Lipinski definition) is 1. The number of nitrogens with zero attached hydrogens (tertiary/aromatic N) is 2. The first-order valence-electron chi connectivity index (χ1n) is 9.00. The van der Waals surface area contributed by atoms with E-state index in [1.54, 1.807) is 18.8 Å². The summed E-state index contributed by atoms with van der Waals surface area (Å²) in [7, 11) is 3.23. The zero-order valence-electron chi connectivity index (χ0n) is 16.2. The average Bonchev–Trinajstić information content (AvgIpc) is 2.67. The largest absolute Gasteiger partial charge is 0.493 e. The van der Waals surface area contributed by atoms with Crippen LogP contribution in [0, 0.1) is 0 Å². The maximum Gasteiger partial charge on any atom is 0.262 e. The number of fused-ring (bicyclic) bond motifs is 1. The maximum atomic E-state index is 13.0. The normalized spacial score (nSPS) is 11.0. The van der Waals surface area contributed by atoms with Crippen molar-refractivity contribution in [1.82, 2.24) is 9.55 Å². The summed E-state index contributed by atoms with van der Waals surface area (Å²) in [6, 6.07) is 13.4. The van der Waals surface area contributed by atoms with Gasteiger partial charge in [0.2, 0.25) is 5.95 Å². The standard InChI is InChI=1S/C21H25N3O3/c1-14(2)22-21-23-17-8-6-5-7-16(17)20(25)24(21)12-11-15-9-10-18(26-3)19(13-15)27-4/h5-10,13-14H,11-12H2,1-4H3,(H,22,23). The van der Waals surface area contributed by atoms with Gasteiger partial charge in [-0.05, 0) is 50.1 Å². The lowest BCUT2D eigenvalue weighted by Crippen LogP contribution is -2.28. The van der Waals surface area contributed by atoms with Crippen LogP contribution in [0.3, 0.4) is 0 Å². The number of anilines is 1. The fourth-order valence-corrected chi connectivity index (χ4v) is 3.02. The van der Waals surface area contributed by atoms with E-state index in [4.69, 9.17) is 9.47 Å². The summed E-state index contributed by atoms with van der Waals surface area (Å²) < 4.78 is 12.4. The van der Waals surface area contributed by atoms with E-state index in [1.807, 2.05) is 56.3 Å². The summed E-state index contributed by atoms with van der Waals surface area (Å²) in [5.41, 5.74) is 1.72. The second-order valence-electron chi connectivity index (χ2n) is 6.65. The molecule has 0 fully saturated rings. The lowest BCUT2D eigenvalue weighted by Gasteiger charge is -2.17. The van der Waals surface area contributed by atoms with Crippen molar-refractivity contribution >= 4 is 16.9 Å². The number of aryl methyl sites for hydroxylation is 1. The lowest BCUT2D eigenvalue weighted by molar-refractivity contribution is 0.354. The monoisotopic (exact) mass is 367 g/mol. The van der Waals surface area contributed by atoms with Gasteiger partial charge < -0.3 is 14.8 Å². The Morgan fingerprint density at radius 1 is 1.07 bits per heavy atom. The Labute approximate surface area is 158 Å². The van der Waals surface area contributed by atoms with Crippen LogP contribution in [0.25, 0.3) is 10.9 Å². The SMILES string of the molecule is COc1ccc(CCn2c(NC(C)C)nc3ccccc3c2=O)cc1OC. The van der Waals surface area contributed by atoms with E-state index in [0.717, 1.165) is 5.56 Å². The van der Waals surface area contributed by atoms with Crippen LogP contribution < -0.4 is 20.3 Å². The van der Waals surface area contributed by atoms with Crippen molar-refractivity contribution in [2.45, 2.75) is 32.9 Å². The smallest absolute Gasteiger partial charge is 0.262 e. The van der Waals surface area contributed by atoms with E-state index in [-0.39, 0.29) is 11.6 Å². The van der Waals surface area contributed by atoms with Crippen LogP contribution in [-0.4, -0.2) is 29.8 Å². The van der Waals surface area contributed by atoms with E-state index < -0.39 is 0 Å². The third-order valence-corrected chi connectivity index (χ3v) is 4.35. The summed E-state index contributed by atoms with van der Waals surface area (Å²) in [5.74, 6) is 1.96. The Bertz CT molecular complexity index is 996. The second kappa shape index (κ2) is 8.12. The number of ether oxygens (including phenoxy) is 2. The summed E-state index contributed by atoms with van der Waals surface area (Å²) in [6.45, 7) is 4.57. The van der Waals surface area contributed by atoms with Crippen LogP contribution in [0.5, 0.6) is 11.5 Å². The summed E-state index contributed by atoms with van der Waals surface area (Å²) in [5, 5.41) is 3.91. The molecular formula is C21H25N3O3. The number of methoxy groups -OCH3 is 2. The van der Waals surface area contributed by atoms with Crippen molar-refractivity contribution in [3.63, 3.8) is 0 Å².